The van der Waals surface area contributed by atoms with Crippen molar-refractivity contribution >= 4 is 66.7 Å². The van der Waals surface area contributed by atoms with Crippen LogP contribution in [0, 0.1) is 0 Å². The van der Waals surface area contributed by atoms with Gasteiger partial charge >= 0.3 is 0 Å². The van der Waals surface area contributed by atoms with E-state index >= 15 is 0 Å². The highest BCUT2D eigenvalue weighted by atomic mass is 79.9. The van der Waals surface area contributed by atoms with Crippen LogP contribution < -0.4 is 15.2 Å². The van der Waals surface area contributed by atoms with Crippen molar-refractivity contribution in [1.82, 2.24) is 0 Å². The number of nitrogens with zero attached hydrogens (tertiary/aromatic N) is 1. The maximum Gasteiger partial charge on any atom is 0.271 e. The van der Waals surface area contributed by atoms with E-state index in [9.17, 15) is 4.79 Å². The van der Waals surface area contributed by atoms with Gasteiger partial charge in [-0.25, -0.2) is 0 Å². The minimum atomic E-state index is -0.712. The van der Waals surface area contributed by atoms with Crippen LogP contribution in [-0.2, 0) is 16.2 Å². The zero-order chi connectivity index (χ0) is 21.4. The molecule has 0 fully saturated rings. The second kappa shape index (κ2) is 11.4. The highest BCUT2D eigenvalue weighted by Gasteiger charge is 2.16. The summed E-state index contributed by atoms with van der Waals surface area (Å²) in [6.45, 7) is 0.395. The summed E-state index contributed by atoms with van der Waals surface area (Å²) in [6, 6.07) is 10.2. The number of benzene rings is 2. The van der Waals surface area contributed by atoms with Crippen molar-refractivity contribution in [1.29, 1.82) is 0 Å². The number of oxime groups is 1. The molecule has 29 heavy (non-hydrogen) atoms. The second-order valence-corrected chi connectivity index (χ2v) is 9.04. The average Bonchev–Trinajstić information content (AvgIpc) is 2.66. The maximum absolute atomic E-state index is 11.7. The molecule has 0 aliphatic carbocycles. The third kappa shape index (κ3) is 6.92. The third-order valence-corrected chi connectivity index (χ3v) is 4.73. The molecule has 6 nitrogen and oxygen atoms in total. The molecule has 0 spiro atoms. The molecule has 154 valence electrons. The summed E-state index contributed by atoms with van der Waals surface area (Å²) in [7, 11) is 1.34. The Balaban J connectivity index is 2.20. The largest absolute Gasteiger partial charge is 0.489 e. The number of amides is 1. The molecule has 2 rings (SSSR count). The molecule has 2 aromatic rings. The highest BCUT2D eigenvalue weighted by Crippen LogP contribution is 2.37. The molecule has 0 saturated heterocycles. The molecule has 2 N–H and O–H groups in total. The summed E-state index contributed by atoms with van der Waals surface area (Å²) in [6.07, 6.45) is 1.76. The van der Waals surface area contributed by atoms with Gasteiger partial charge in [0.2, 0.25) is 0 Å². The number of carbonyl (C=O) groups excluding carboxylic acids is 1. The first-order valence-electron chi connectivity index (χ1n) is 8.08. The van der Waals surface area contributed by atoms with Gasteiger partial charge in [0.25, 0.3) is 5.91 Å². The minimum absolute atomic E-state index is 0.00230. The number of rotatable bonds is 9. The van der Waals surface area contributed by atoms with Crippen LogP contribution in [0.5, 0.6) is 11.5 Å². The van der Waals surface area contributed by atoms with Crippen molar-refractivity contribution in [3.63, 3.8) is 0 Å². The topological polar surface area (TPSA) is 83.1 Å². The Morgan fingerprint density at radius 2 is 1.83 bits per heavy atom. The predicted molar refractivity (Wildman–Crippen MR) is 121 cm³/mol. The predicted octanol–water partition coefficient (Wildman–Crippen LogP) is 5.42. The van der Waals surface area contributed by atoms with Crippen LogP contribution in [0.3, 0.4) is 0 Å². The van der Waals surface area contributed by atoms with Crippen LogP contribution in [0.2, 0.25) is 10.0 Å². The second-order valence-electron chi connectivity index (χ2n) is 5.45. The van der Waals surface area contributed by atoms with Crippen molar-refractivity contribution in [3.8, 4) is 11.5 Å². The zero-order valence-electron chi connectivity index (χ0n) is 15.1. The summed E-state index contributed by atoms with van der Waals surface area (Å²) in [5, 5.41) is 4.32. The Bertz CT molecular complexity index is 925. The highest BCUT2D eigenvalue weighted by molar-refractivity contribution is 9.28. The van der Waals surface area contributed by atoms with E-state index in [-0.39, 0.29) is 18.9 Å². The van der Waals surface area contributed by atoms with E-state index in [1.165, 1.54) is 7.11 Å². The number of carbonyl (C=O) groups is 1. The van der Waals surface area contributed by atoms with E-state index in [2.05, 4.69) is 37.0 Å². The first-order valence-corrected chi connectivity index (χ1v) is 10.4. The smallest absolute Gasteiger partial charge is 0.271 e. The number of halogens is 4. The monoisotopic (exact) mass is 564 g/mol. The van der Waals surface area contributed by atoms with Crippen LogP contribution in [-0.4, -0.2) is 25.3 Å². The molecule has 0 radical (unpaired) electrons. The Hall–Kier alpha value is -1.74. The summed E-state index contributed by atoms with van der Waals surface area (Å²) in [4.78, 5) is 16.4. The molecule has 1 amide bonds. The van der Waals surface area contributed by atoms with Crippen molar-refractivity contribution in [2.45, 2.75) is 6.61 Å². The quantitative estimate of drug-likeness (QED) is 0.325. The number of nitrogens with two attached hydrogens (primary N) is 1. The van der Waals surface area contributed by atoms with E-state index in [0.717, 1.165) is 3.39 Å². The Morgan fingerprint density at radius 3 is 2.41 bits per heavy atom. The van der Waals surface area contributed by atoms with E-state index < -0.39 is 5.91 Å². The van der Waals surface area contributed by atoms with Crippen LogP contribution in [0.15, 0.2) is 51.0 Å². The van der Waals surface area contributed by atoms with E-state index in [0.29, 0.717) is 32.7 Å². The van der Waals surface area contributed by atoms with Gasteiger partial charge in [-0.15, -0.1) is 0 Å². The fourth-order valence-corrected chi connectivity index (χ4v) is 3.14. The summed E-state index contributed by atoms with van der Waals surface area (Å²) in [5.74, 6) is 0.0709. The average molecular weight is 567 g/mol. The van der Waals surface area contributed by atoms with E-state index in [1.807, 2.05) is 0 Å². The lowest BCUT2D eigenvalue weighted by Crippen LogP contribution is -2.25. The Kier molecular flexibility index (Phi) is 9.29. The summed E-state index contributed by atoms with van der Waals surface area (Å²) < 4.78 is 12.1. The van der Waals surface area contributed by atoms with Gasteiger partial charge in [0, 0.05) is 17.7 Å². The first kappa shape index (κ1) is 23.5. The Labute approximate surface area is 194 Å². The van der Waals surface area contributed by atoms with Gasteiger partial charge in [-0.05, 0) is 43.5 Å². The fraction of sp³-hybridized carbons (Fsp3) is 0.158. The Morgan fingerprint density at radius 1 is 1.17 bits per heavy atom. The maximum atomic E-state index is 11.7. The molecule has 0 heterocycles. The molecule has 0 aliphatic rings. The van der Waals surface area contributed by atoms with Gasteiger partial charge in [-0.2, -0.15) is 0 Å². The van der Waals surface area contributed by atoms with Crippen LogP contribution in [0.4, 0.5) is 0 Å². The fourth-order valence-electron chi connectivity index (χ4n) is 2.30. The van der Waals surface area contributed by atoms with Gasteiger partial charge in [0.15, 0.2) is 11.5 Å². The molecule has 0 saturated carbocycles. The summed E-state index contributed by atoms with van der Waals surface area (Å²) in [5.41, 5.74) is 6.58. The molecule has 0 aromatic heterocycles. The van der Waals surface area contributed by atoms with Gasteiger partial charge in [0.05, 0.1) is 13.4 Å². The SMILES string of the molecule is CON=C(C(N)=O)c1ccccc1COc1cc(Cl)c(OCC=C(Br)Br)c(Cl)c1. The molecule has 0 unspecified atom stereocenters. The zero-order valence-corrected chi connectivity index (χ0v) is 19.8. The molecule has 10 heteroatoms. The van der Waals surface area contributed by atoms with Crippen molar-refractivity contribution in [2.75, 3.05) is 13.7 Å². The number of hydrogen-bond donors (Lipinski definition) is 1. The van der Waals surface area contributed by atoms with Gasteiger partial charge in [-0.1, -0.05) is 52.6 Å². The molecule has 0 aliphatic heterocycles. The molecular weight excluding hydrogens is 551 g/mol. The van der Waals surface area contributed by atoms with E-state index in [1.54, 1.807) is 42.5 Å². The number of ether oxygens (including phenoxy) is 2. The number of primary amides is 1. The van der Waals surface area contributed by atoms with E-state index in [4.69, 9.17) is 43.2 Å². The lowest BCUT2D eigenvalue weighted by Gasteiger charge is -2.13. The van der Waals surface area contributed by atoms with Crippen LogP contribution in [0.1, 0.15) is 11.1 Å². The van der Waals surface area contributed by atoms with Crippen molar-refractivity contribution in [2.24, 2.45) is 10.9 Å². The van der Waals surface area contributed by atoms with Crippen LogP contribution >= 0.6 is 55.1 Å². The van der Waals surface area contributed by atoms with Gasteiger partial charge < -0.3 is 20.0 Å². The molecule has 0 atom stereocenters. The number of hydrogen-bond acceptors (Lipinski definition) is 5. The summed E-state index contributed by atoms with van der Waals surface area (Å²) >= 11 is 19.0. The standard InChI is InChI=1S/C19H16Br2Cl2N2O4/c1-27-25-17(19(24)26)13-5-3-2-4-11(13)10-29-12-8-14(22)18(15(23)9-12)28-7-6-16(20)21/h2-6,8-9H,7,10H2,1H3,(H2,24,26). The third-order valence-electron chi connectivity index (χ3n) is 3.52. The lowest BCUT2D eigenvalue weighted by atomic mass is 10.0. The molecule has 0 bridgehead atoms. The lowest BCUT2D eigenvalue weighted by molar-refractivity contribution is -0.112. The van der Waals surface area contributed by atoms with Crippen molar-refractivity contribution < 1.29 is 19.1 Å². The van der Waals surface area contributed by atoms with Crippen molar-refractivity contribution in [3.05, 3.63) is 67.0 Å². The minimum Gasteiger partial charge on any atom is -0.489 e. The van der Waals surface area contributed by atoms with Gasteiger partial charge in [-0.3, -0.25) is 4.79 Å². The van der Waals surface area contributed by atoms with Crippen LogP contribution in [0.25, 0.3) is 0 Å². The molecule has 2 aromatic carbocycles. The normalized spacial score (nSPS) is 11.0. The van der Waals surface area contributed by atoms with Gasteiger partial charge in [0.1, 0.15) is 26.1 Å². The first-order chi connectivity index (χ1) is 13.8. The molecular formula is C19H16Br2Cl2N2O4.